The lowest BCUT2D eigenvalue weighted by Gasteiger charge is -2.26. The number of nitrogen functional groups attached to an aromatic ring is 1. The Kier molecular flexibility index (Phi) is 5.57. The zero-order valence-electron chi connectivity index (χ0n) is 17.6. The number of pyridine rings is 1. The topological polar surface area (TPSA) is 106 Å². The predicted molar refractivity (Wildman–Crippen MR) is 126 cm³/mol. The van der Waals surface area contributed by atoms with Crippen molar-refractivity contribution in [1.29, 1.82) is 0 Å². The first-order chi connectivity index (χ1) is 15.9. The van der Waals surface area contributed by atoms with E-state index in [-0.39, 0.29) is 17.7 Å². The van der Waals surface area contributed by atoms with Crippen LogP contribution in [0.5, 0.6) is 0 Å². The maximum atomic E-state index is 13.6. The Morgan fingerprint density at radius 3 is 2.58 bits per heavy atom. The molecule has 1 fully saturated rings. The normalized spacial score (nSPS) is 18.5. The van der Waals surface area contributed by atoms with Gasteiger partial charge in [-0.25, -0.2) is 9.37 Å². The van der Waals surface area contributed by atoms with E-state index < -0.39 is 5.97 Å². The van der Waals surface area contributed by atoms with Crippen LogP contribution >= 0.6 is 15.9 Å². The molecule has 5 rings (SSSR count). The van der Waals surface area contributed by atoms with Crippen LogP contribution < -0.4 is 5.73 Å². The number of halogens is 2. The molecule has 9 heteroatoms. The number of nitrogens with two attached hydrogens (primary N) is 1. The molecule has 0 spiro atoms. The standard InChI is InChI=1S/C24H21BrFN5O2/c25-20-21(13-4-6-14(7-5-13)24(32)33)30-23-18(12-29-31(23)22(20)27)16-8-9-19(28-11-16)15-2-1-3-17(26)10-15/h1-3,8-14H,4-7,27H2,(H,32,33). The molecule has 0 radical (unpaired) electrons. The average Bonchev–Trinajstić information content (AvgIpc) is 3.26. The number of carboxylic acid groups (broad SMARTS) is 1. The minimum Gasteiger partial charge on any atom is -0.481 e. The van der Waals surface area contributed by atoms with Crippen molar-refractivity contribution in [2.45, 2.75) is 31.6 Å². The first-order valence-corrected chi connectivity index (χ1v) is 11.5. The van der Waals surface area contributed by atoms with E-state index in [1.165, 1.54) is 12.1 Å². The molecule has 0 bridgehead atoms. The Morgan fingerprint density at radius 1 is 1.12 bits per heavy atom. The number of hydrogen-bond donors (Lipinski definition) is 2. The number of hydrogen-bond acceptors (Lipinski definition) is 5. The largest absolute Gasteiger partial charge is 0.481 e. The van der Waals surface area contributed by atoms with Gasteiger partial charge < -0.3 is 10.8 Å². The number of rotatable bonds is 4. The van der Waals surface area contributed by atoms with E-state index in [0.29, 0.717) is 40.0 Å². The summed E-state index contributed by atoms with van der Waals surface area (Å²) in [5, 5.41) is 13.7. The maximum Gasteiger partial charge on any atom is 0.306 e. The van der Waals surface area contributed by atoms with E-state index in [2.05, 4.69) is 26.0 Å². The van der Waals surface area contributed by atoms with E-state index in [9.17, 15) is 14.3 Å². The van der Waals surface area contributed by atoms with Crippen molar-refractivity contribution in [2.75, 3.05) is 5.73 Å². The van der Waals surface area contributed by atoms with Crippen molar-refractivity contribution < 1.29 is 14.3 Å². The zero-order chi connectivity index (χ0) is 23.1. The van der Waals surface area contributed by atoms with Gasteiger partial charge in [-0.1, -0.05) is 18.2 Å². The average molecular weight is 510 g/mol. The van der Waals surface area contributed by atoms with Crippen molar-refractivity contribution in [2.24, 2.45) is 5.92 Å². The van der Waals surface area contributed by atoms with Crippen LogP contribution in [0.4, 0.5) is 10.2 Å². The van der Waals surface area contributed by atoms with Gasteiger partial charge in [0.2, 0.25) is 0 Å². The highest BCUT2D eigenvalue weighted by atomic mass is 79.9. The van der Waals surface area contributed by atoms with E-state index in [1.807, 2.05) is 18.2 Å². The van der Waals surface area contributed by atoms with Gasteiger partial charge in [0.15, 0.2) is 5.65 Å². The van der Waals surface area contributed by atoms with Gasteiger partial charge in [-0.15, -0.1) is 0 Å². The fourth-order valence-corrected chi connectivity index (χ4v) is 5.05. The first-order valence-electron chi connectivity index (χ1n) is 10.7. The zero-order valence-corrected chi connectivity index (χ0v) is 19.2. The molecule has 0 amide bonds. The molecule has 0 unspecified atom stereocenters. The Bertz CT molecular complexity index is 1350. The third kappa shape index (κ3) is 3.97. The van der Waals surface area contributed by atoms with Gasteiger partial charge in [-0.05, 0) is 59.8 Å². The lowest BCUT2D eigenvalue weighted by molar-refractivity contribution is -0.142. The molecule has 4 aromatic rings. The highest BCUT2D eigenvalue weighted by Gasteiger charge is 2.30. The molecule has 3 N–H and O–H groups in total. The van der Waals surface area contributed by atoms with Gasteiger partial charge in [0.05, 0.1) is 28.0 Å². The molecule has 0 atom stereocenters. The number of benzene rings is 1. The molecule has 1 aliphatic carbocycles. The van der Waals surface area contributed by atoms with Crippen LogP contribution in [0, 0.1) is 11.7 Å². The van der Waals surface area contributed by atoms with E-state index in [4.69, 9.17) is 10.7 Å². The summed E-state index contributed by atoms with van der Waals surface area (Å²) in [5.41, 5.74) is 10.8. The number of carbonyl (C=O) groups is 1. The number of anilines is 1. The molecule has 3 aromatic heterocycles. The van der Waals surface area contributed by atoms with Crippen LogP contribution in [-0.2, 0) is 4.79 Å². The van der Waals surface area contributed by atoms with Gasteiger partial charge in [0, 0.05) is 28.8 Å². The third-order valence-corrected chi connectivity index (χ3v) is 7.12. The molecule has 1 aliphatic rings. The number of nitrogens with zero attached hydrogens (tertiary/aromatic N) is 4. The summed E-state index contributed by atoms with van der Waals surface area (Å²) in [6.07, 6.45) is 6.15. The lowest BCUT2D eigenvalue weighted by atomic mass is 9.80. The van der Waals surface area contributed by atoms with Crippen LogP contribution in [0.2, 0.25) is 0 Å². The number of aliphatic carboxylic acids is 1. The summed E-state index contributed by atoms with van der Waals surface area (Å²) in [7, 11) is 0. The minimum atomic E-state index is -0.734. The first kappa shape index (κ1) is 21.5. The van der Waals surface area contributed by atoms with Crippen LogP contribution in [-0.4, -0.2) is 30.7 Å². The van der Waals surface area contributed by atoms with Crippen LogP contribution in [0.25, 0.3) is 28.0 Å². The molecule has 7 nitrogen and oxygen atoms in total. The highest BCUT2D eigenvalue weighted by molar-refractivity contribution is 9.10. The summed E-state index contributed by atoms with van der Waals surface area (Å²) in [5.74, 6) is -0.766. The third-order valence-electron chi connectivity index (χ3n) is 6.31. The van der Waals surface area contributed by atoms with Crippen molar-refractivity contribution in [1.82, 2.24) is 19.6 Å². The Hall–Kier alpha value is -3.33. The second-order valence-corrected chi connectivity index (χ2v) is 9.11. The van der Waals surface area contributed by atoms with E-state index in [1.54, 1.807) is 23.0 Å². The molecule has 0 aliphatic heterocycles. The molecular weight excluding hydrogens is 489 g/mol. The summed E-state index contributed by atoms with van der Waals surface area (Å²) in [6, 6.07) is 10.1. The smallest absolute Gasteiger partial charge is 0.306 e. The Morgan fingerprint density at radius 2 is 1.91 bits per heavy atom. The maximum absolute atomic E-state index is 13.6. The molecule has 1 aromatic carbocycles. The van der Waals surface area contributed by atoms with Crippen molar-refractivity contribution >= 4 is 33.4 Å². The predicted octanol–water partition coefficient (Wildman–Crippen LogP) is 5.30. The molecule has 0 saturated heterocycles. The Labute approximate surface area is 197 Å². The lowest BCUT2D eigenvalue weighted by Crippen LogP contribution is -2.21. The molecule has 33 heavy (non-hydrogen) atoms. The molecule has 168 valence electrons. The summed E-state index contributed by atoms with van der Waals surface area (Å²) in [4.78, 5) is 20.7. The van der Waals surface area contributed by atoms with Gasteiger partial charge in [0.25, 0.3) is 0 Å². The fraction of sp³-hybridized carbons (Fsp3) is 0.250. The molecular formula is C24H21BrFN5O2. The summed E-state index contributed by atoms with van der Waals surface area (Å²) in [6.45, 7) is 0. The molecule has 1 saturated carbocycles. The van der Waals surface area contributed by atoms with Gasteiger partial charge in [-0.2, -0.15) is 9.61 Å². The van der Waals surface area contributed by atoms with E-state index in [0.717, 1.165) is 29.7 Å². The number of carboxylic acids is 1. The number of fused-ring (bicyclic) bond motifs is 1. The van der Waals surface area contributed by atoms with Crippen LogP contribution in [0.15, 0.2) is 53.3 Å². The van der Waals surface area contributed by atoms with Crippen molar-refractivity contribution in [3.63, 3.8) is 0 Å². The highest BCUT2D eigenvalue weighted by Crippen LogP contribution is 2.40. The minimum absolute atomic E-state index is 0.124. The van der Waals surface area contributed by atoms with Crippen LogP contribution in [0.3, 0.4) is 0 Å². The summed E-state index contributed by atoms with van der Waals surface area (Å²) < 4.78 is 15.8. The van der Waals surface area contributed by atoms with Crippen molar-refractivity contribution in [3.05, 3.63) is 64.8 Å². The quantitative estimate of drug-likeness (QED) is 0.386. The summed E-state index contributed by atoms with van der Waals surface area (Å²) >= 11 is 3.58. The second-order valence-electron chi connectivity index (χ2n) is 8.32. The monoisotopic (exact) mass is 509 g/mol. The number of aromatic nitrogens is 4. The SMILES string of the molecule is Nc1c(Br)c(C2CCC(C(=O)O)CC2)nc2c(-c3ccc(-c4cccc(F)c4)nc3)cnn12. The van der Waals surface area contributed by atoms with Crippen LogP contribution in [0.1, 0.15) is 37.3 Å². The fourth-order valence-electron chi connectivity index (χ4n) is 4.47. The van der Waals surface area contributed by atoms with Crippen molar-refractivity contribution in [3.8, 4) is 22.4 Å². The second kappa shape index (κ2) is 8.55. The Balaban J connectivity index is 1.50. The molecule has 3 heterocycles. The van der Waals surface area contributed by atoms with Gasteiger partial charge in [0.1, 0.15) is 11.6 Å². The van der Waals surface area contributed by atoms with Gasteiger partial charge in [-0.3, -0.25) is 9.78 Å². The van der Waals surface area contributed by atoms with Gasteiger partial charge >= 0.3 is 5.97 Å². The van der Waals surface area contributed by atoms with E-state index >= 15 is 0 Å².